The Kier molecular flexibility index (Phi) is 7.04. The van der Waals surface area contributed by atoms with E-state index in [4.69, 9.17) is 9.47 Å². The summed E-state index contributed by atoms with van der Waals surface area (Å²) >= 11 is 0. The fraction of sp³-hybridized carbons (Fsp3) is 0.600. The number of nitrogens with one attached hydrogen (secondary N) is 1. The molecule has 0 bridgehead atoms. The van der Waals surface area contributed by atoms with Crippen molar-refractivity contribution >= 4 is 5.82 Å². The average Bonchev–Trinajstić information content (AvgIpc) is 3.38. The van der Waals surface area contributed by atoms with E-state index in [1.54, 1.807) is 0 Å². The molecule has 0 radical (unpaired) electrons. The number of nitrogens with zero attached hydrogens (tertiary/aromatic N) is 3. The second-order valence-corrected chi connectivity index (χ2v) is 10.1. The van der Waals surface area contributed by atoms with Gasteiger partial charge >= 0.3 is 6.18 Å². The van der Waals surface area contributed by atoms with Crippen molar-refractivity contribution in [1.29, 1.82) is 0 Å². The molecule has 3 fully saturated rings. The molecule has 5 rings (SSSR count). The Labute approximate surface area is 206 Å². The largest absolute Gasteiger partial charge is 0.494 e. The molecular weight excluding hydrogens is 483 g/mol. The van der Waals surface area contributed by atoms with Gasteiger partial charge in [-0.1, -0.05) is 0 Å². The van der Waals surface area contributed by atoms with Crippen LogP contribution in [0, 0.1) is 29.4 Å². The molecule has 196 valence electrons. The van der Waals surface area contributed by atoms with E-state index in [1.165, 1.54) is 7.11 Å². The van der Waals surface area contributed by atoms with E-state index in [0.717, 1.165) is 70.7 Å². The van der Waals surface area contributed by atoms with Crippen LogP contribution in [-0.4, -0.2) is 61.1 Å². The minimum absolute atomic E-state index is 0.151. The zero-order valence-electron chi connectivity index (χ0n) is 20.0. The number of aromatic nitrogens is 2. The third kappa shape index (κ3) is 5.27. The Morgan fingerprint density at radius 2 is 1.72 bits per heavy atom. The summed E-state index contributed by atoms with van der Waals surface area (Å²) in [6.45, 7) is 4.61. The summed E-state index contributed by atoms with van der Waals surface area (Å²) in [5.74, 6) is -1.08. The van der Waals surface area contributed by atoms with E-state index < -0.39 is 34.6 Å². The molecule has 2 aliphatic heterocycles. The monoisotopic (exact) mass is 512 g/mol. The molecule has 36 heavy (non-hydrogen) atoms. The van der Waals surface area contributed by atoms with Crippen molar-refractivity contribution in [2.75, 3.05) is 45.3 Å². The second-order valence-electron chi connectivity index (χ2n) is 10.1. The number of hydrogen-bond donors (Lipinski definition) is 1. The van der Waals surface area contributed by atoms with Crippen LogP contribution in [0.25, 0.3) is 11.3 Å². The van der Waals surface area contributed by atoms with Crippen LogP contribution in [0.2, 0.25) is 0 Å². The van der Waals surface area contributed by atoms with Gasteiger partial charge in [0.05, 0.1) is 12.8 Å². The number of halogens is 5. The Balaban J connectivity index is 1.28. The van der Waals surface area contributed by atoms with Gasteiger partial charge in [-0.25, -0.2) is 8.78 Å². The second kappa shape index (κ2) is 10.1. The molecule has 1 N–H and O–H groups in total. The van der Waals surface area contributed by atoms with E-state index in [9.17, 15) is 22.0 Å². The molecule has 3 heterocycles. The molecule has 1 aromatic heterocycles. The zero-order chi connectivity index (χ0) is 25.4. The summed E-state index contributed by atoms with van der Waals surface area (Å²) < 4.78 is 80.4. The maximum atomic E-state index is 14.4. The normalized spacial score (nSPS) is 25.2. The molecule has 1 aromatic carbocycles. The van der Waals surface area contributed by atoms with E-state index in [1.807, 2.05) is 0 Å². The molecule has 1 aliphatic carbocycles. The predicted molar refractivity (Wildman–Crippen MR) is 123 cm³/mol. The van der Waals surface area contributed by atoms with Crippen molar-refractivity contribution in [2.45, 2.75) is 37.9 Å². The van der Waals surface area contributed by atoms with Crippen LogP contribution in [0.5, 0.6) is 5.75 Å². The van der Waals surface area contributed by atoms with Gasteiger partial charge in [-0.05, 0) is 55.6 Å². The number of benzene rings is 1. The van der Waals surface area contributed by atoms with Crippen LogP contribution in [0.4, 0.5) is 27.8 Å². The van der Waals surface area contributed by atoms with Crippen molar-refractivity contribution in [2.24, 2.45) is 17.8 Å². The summed E-state index contributed by atoms with van der Waals surface area (Å²) in [7, 11) is 1.17. The zero-order valence-corrected chi connectivity index (χ0v) is 20.0. The quantitative estimate of drug-likeness (QED) is 0.550. The summed E-state index contributed by atoms with van der Waals surface area (Å²) in [5, 5.41) is 10.5. The summed E-state index contributed by atoms with van der Waals surface area (Å²) in [6, 6.07) is 2.09. The minimum atomic E-state index is -4.75. The van der Waals surface area contributed by atoms with Gasteiger partial charge < -0.3 is 19.7 Å². The molecule has 6 nitrogen and oxygen atoms in total. The van der Waals surface area contributed by atoms with Crippen LogP contribution < -0.4 is 10.1 Å². The number of ether oxygens (including phenoxy) is 2. The van der Waals surface area contributed by atoms with Gasteiger partial charge in [0.15, 0.2) is 17.4 Å². The predicted octanol–water partition coefficient (Wildman–Crippen LogP) is 5.00. The first-order valence-corrected chi connectivity index (χ1v) is 12.3. The highest BCUT2D eigenvalue weighted by molar-refractivity contribution is 5.64. The highest BCUT2D eigenvalue weighted by Crippen LogP contribution is 2.42. The van der Waals surface area contributed by atoms with Gasteiger partial charge in [0.1, 0.15) is 11.4 Å². The Hall–Kier alpha value is -2.53. The molecule has 11 heteroatoms. The van der Waals surface area contributed by atoms with Gasteiger partial charge in [-0.2, -0.15) is 13.2 Å². The van der Waals surface area contributed by atoms with Crippen molar-refractivity contribution in [3.05, 3.63) is 35.4 Å². The average molecular weight is 513 g/mol. The number of hydrogen-bond acceptors (Lipinski definition) is 6. The molecule has 2 aromatic rings. The van der Waals surface area contributed by atoms with Gasteiger partial charge in [-0.3, -0.25) is 0 Å². The summed E-state index contributed by atoms with van der Waals surface area (Å²) in [6.07, 6.45) is -1.07. The molecule has 0 amide bonds. The fourth-order valence-corrected chi connectivity index (χ4v) is 5.88. The van der Waals surface area contributed by atoms with Gasteiger partial charge in [-0.15, -0.1) is 10.2 Å². The SMILES string of the molecule is COc1cc(F)c(-c2cc(C(F)(F)F)c(N[C@H]3C[C@@H]4CN(CC5CCOCC5)C[C@@H]4C3)nn2)cc1F. The van der Waals surface area contributed by atoms with E-state index in [0.29, 0.717) is 23.8 Å². The van der Waals surface area contributed by atoms with Crippen LogP contribution >= 0.6 is 0 Å². The number of anilines is 1. The number of alkyl halides is 3. The minimum Gasteiger partial charge on any atom is -0.494 e. The third-order valence-corrected chi connectivity index (χ3v) is 7.64. The highest BCUT2D eigenvalue weighted by atomic mass is 19.4. The van der Waals surface area contributed by atoms with Crippen LogP contribution in [0.15, 0.2) is 18.2 Å². The number of likely N-dealkylation sites (tertiary alicyclic amines) is 1. The molecule has 3 aliphatic rings. The molecule has 1 saturated carbocycles. The lowest BCUT2D eigenvalue weighted by Crippen LogP contribution is -2.32. The molecular formula is C25H29F5N4O2. The first-order valence-electron chi connectivity index (χ1n) is 12.3. The van der Waals surface area contributed by atoms with Crippen molar-refractivity contribution in [1.82, 2.24) is 15.1 Å². The topological polar surface area (TPSA) is 59.5 Å². The van der Waals surface area contributed by atoms with Gasteiger partial charge in [0.2, 0.25) is 0 Å². The van der Waals surface area contributed by atoms with Gasteiger partial charge in [0, 0.05) is 50.5 Å². The smallest absolute Gasteiger partial charge is 0.420 e. The van der Waals surface area contributed by atoms with E-state index >= 15 is 0 Å². The van der Waals surface area contributed by atoms with Crippen molar-refractivity contribution in [3.63, 3.8) is 0 Å². The lowest BCUT2D eigenvalue weighted by molar-refractivity contribution is -0.137. The molecule has 3 atom stereocenters. The standard InChI is InChI=1S/C25H29F5N4O2/c1-35-23-10-20(26)18(8-21(23)27)22-9-19(25(28,29)30)24(33-32-22)31-17-6-15-12-34(13-16(15)7-17)11-14-2-4-36-5-3-14/h8-10,14-17H,2-7,11-13H2,1H3,(H,31,33)/t15-,16+,17+. The fourth-order valence-electron chi connectivity index (χ4n) is 5.88. The van der Waals surface area contributed by atoms with E-state index in [-0.39, 0.29) is 17.6 Å². The third-order valence-electron chi connectivity index (χ3n) is 7.64. The van der Waals surface area contributed by atoms with Crippen LogP contribution in [0.3, 0.4) is 0 Å². The molecule has 0 spiro atoms. The van der Waals surface area contributed by atoms with Gasteiger partial charge in [0.25, 0.3) is 0 Å². The Bertz CT molecular complexity index is 1080. The number of fused-ring (bicyclic) bond motifs is 1. The van der Waals surface area contributed by atoms with Crippen molar-refractivity contribution in [3.8, 4) is 17.0 Å². The maximum absolute atomic E-state index is 14.4. The lowest BCUT2D eigenvalue weighted by atomic mass is 10.00. The Morgan fingerprint density at radius 1 is 1.03 bits per heavy atom. The first-order chi connectivity index (χ1) is 17.2. The summed E-state index contributed by atoms with van der Waals surface area (Å²) in [4.78, 5) is 2.49. The maximum Gasteiger partial charge on any atom is 0.420 e. The van der Waals surface area contributed by atoms with Crippen LogP contribution in [-0.2, 0) is 10.9 Å². The van der Waals surface area contributed by atoms with E-state index in [2.05, 4.69) is 20.4 Å². The molecule has 0 unspecified atom stereocenters. The Morgan fingerprint density at radius 3 is 2.36 bits per heavy atom. The lowest BCUT2D eigenvalue weighted by Gasteiger charge is -2.28. The number of methoxy groups -OCH3 is 1. The highest BCUT2D eigenvalue weighted by Gasteiger charge is 2.43. The summed E-state index contributed by atoms with van der Waals surface area (Å²) in [5.41, 5.74) is -1.88. The first kappa shape index (κ1) is 25.1. The van der Waals surface area contributed by atoms with Crippen molar-refractivity contribution < 1.29 is 31.4 Å². The number of rotatable bonds is 6. The van der Waals surface area contributed by atoms with Crippen LogP contribution in [0.1, 0.15) is 31.2 Å². The molecule has 2 saturated heterocycles.